The van der Waals surface area contributed by atoms with Crippen molar-refractivity contribution < 1.29 is 0 Å². The van der Waals surface area contributed by atoms with Gasteiger partial charge in [0, 0.05) is 13.0 Å². The predicted molar refractivity (Wildman–Crippen MR) is 77.1 cm³/mol. The minimum absolute atomic E-state index is 0.222. The summed E-state index contributed by atoms with van der Waals surface area (Å²) in [5, 5.41) is 8.83. The molecule has 0 aromatic carbocycles. The third-order valence-corrected chi connectivity index (χ3v) is 3.75. The molecule has 18 heavy (non-hydrogen) atoms. The minimum atomic E-state index is 0.222. The lowest BCUT2D eigenvalue weighted by molar-refractivity contribution is 0.130. The lowest BCUT2D eigenvalue weighted by Gasteiger charge is -2.38. The summed E-state index contributed by atoms with van der Waals surface area (Å²) < 4.78 is 0. The maximum Gasteiger partial charge on any atom is 0.0627 e. The van der Waals surface area contributed by atoms with Crippen LogP contribution in [0.25, 0.3) is 0 Å². The highest BCUT2D eigenvalue weighted by Gasteiger charge is 2.29. The molecule has 0 aromatic heterocycles. The fourth-order valence-electron chi connectivity index (χ4n) is 2.33. The van der Waals surface area contributed by atoms with Crippen LogP contribution in [0.4, 0.5) is 0 Å². The van der Waals surface area contributed by atoms with E-state index in [2.05, 4.69) is 37.1 Å². The number of nitrogens with zero attached hydrogens (tertiary/aromatic N) is 2. The molecule has 0 bridgehead atoms. The zero-order valence-corrected chi connectivity index (χ0v) is 11.7. The first-order valence-electron chi connectivity index (χ1n) is 6.57. The molecule has 0 spiro atoms. The topological polar surface area (TPSA) is 27.0 Å². The van der Waals surface area contributed by atoms with E-state index in [4.69, 9.17) is 5.26 Å². The zero-order valence-electron chi connectivity index (χ0n) is 11.7. The van der Waals surface area contributed by atoms with E-state index in [1.165, 1.54) is 0 Å². The number of piperidine rings is 1. The standard InChI is InChI=1S/C16H24N2/c1-5-14(2)12-15(3)13-18-10-7-16(4,6-9-17)8-11-18/h5,12H,1,3,6-8,10-11,13H2,2,4H3/b14-12-. The van der Waals surface area contributed by atoms with Crippen LogP contribution in [0.5, 0.6) is 0 Å². The first-order valence-corrected chi connectivity index (χ1v) is 6.57. The summed E-state index contributed by atoms with van der Waals surface area (Å²) in [5.74, 6) is 0. The van der Waals surface area contributed by atoms with Gasteiger partial charge in [-0.25, -0.2) is 0 Å². The van der Waals surface area contributed by atoms with Gasteiger partial charge in [-0.2, -0.15) is 5.26 Å². The second kappa shape index (κ2) is 6.56. The molecule has 0 unspecified atom stereocenters. The molecular formula is C16H24N2. The Morgan fingerprint density at radius 2 is 2.06 bits per heavy atom. The zero-order chi connectivity index (χ0) is 13.6. The monoisotopic (exact) mass is 244 g/mol. The second-order valence-corrected chi connectivity index (χ2v) is 5.67. The molecule has 0 amide bonds. The number of rotatable bonds is 5. The molecule has 0 radical (unpaired) electrons. The Bertz CT molecular complexity index is 376. The summed E-state index contributed by atoms with van der Waals surface area (Å²) in [6.45, 7) is 15.2. The molecule has 0 saturated carbocycles. The van der Waals surface area contributed by atoms with Gasteiger partial charge >= 0.3 is 0 Å². The lowest BCUT2D eigenvalue weighted by Crippen LogP contribution is -2.39. The summed E-state index contributed by atoms with van der Waals surface area (Å²) in [4.78, 5) is 2.42. The molecule has 1 aliphatic rings. The van der Waals surface area contributed by atoms with Gasteiger partial charge < -0.3 is 0 Å². The Morgan fingerprint density at radius 1 is 1.44 bits per heavy atom. The molecule has 1 saturated heterocycles. The van der Waals surface area contributed by atoms with Crippen LogP contribution in [0.2, 0.25) is 0 Å². The molecule has 1 aliphatic heterocycles. The van der Waals surface area contributed by atoms with E-state index in [0.29, 0.717) is 6.42 Å². The van der Waals surface area contributed by atoms with Gasteiger partial charge in [0.2, 0.25) is 0 Å². The van der Waals surface area contributed by atoms with Crippen LogP contribution in [0, 0.1) is 16.7 Å². The number of hydrogen-bond donors (Lipinski definition) is 0. The number of allylic oxidation sites excluding steroid dienone is 2. The third-order valence-electron chi connectivity index (χ3n) is 3.75. The highest BCUT2D eigenvalue weighted by atomic mass is 15.1. The van der Waals surface area contributed by atoms with Gasteiger partial charge in [-0.05, 0) is 43.8 Å². The third kappa shape index (κ3) is 4.50. The van der Waals surface area contributed by atoms with E-state index in [1.807, 2.05) is 13.0 Å². The Kier molecular flexibility index (Phi) is 5.37. The Morgan fingerprint density at radius 3 is 2.56 bits per heavy atom. The largest absolute Gasteiger partial charge is 0.299 e. The SMILES string of the molecule is C=C/C(C)=C\C(=C)CN1CCC(C)(CC#N)CC1. The van der Waals surface area contributed by atoms with E-state index in [-0.39, 0.29) is 5.41 Å². The van der Waals surface area contributed by atoms with E-state index in [1.54, 1.807) is 0 Å². The number of likely N-dealkylation sites (tertiary alicyclic amines) is 1. The Balaban J connectivity index is 2.43. The molecule has 0 aromatic rings. The van der Waals surface area contributed by atoms with Crippen LogP contribution in [-0.4, -0.2) is 24.5 Å². The van der Waals surface area contributed by atoms with Gasteiger partial charge in [0.25, 0.3) is 0 Å². The molecule has 1 fully saturated rings. The average Bonchev–Trinajstić information content (AvgIpc) is 2.32. The predicted octanol–water partition coefficient (Wildman–Crippen LogP) is 3.69. The summed E-state index contributed by atoms with van der Waals surface area (Å²) in [7, 11) is 0. The number of nitriles is 1. The van der Waals surface area contributed by atoms with Crippen LogP contribution in [0.3, 0.4) is 0 Å². The minimum Gasteiger partial charge on any atom is -0.299 e. The summed E-state index contributed by atoms with van der Waals surface area (Å²) in [6.07, 6.45) is 6.84. The summed E-state index contributed by atoms with van der Waals surface area (Å²) in [5.41, 5.74) is 2.52. The van der Waals surface area contributed by atoms with Crippen LogP contribution in [0.1, 0.15) is 33.1 Å². The highest BCUT2D eigenvalue weighted by Crippen LogP contribution is 2.33. The van der Waals surface area contributed by atoms with Gasteiger partial charge in [0.15, 0.2) is 0 Å². The van der Waals surface area contributed by atoms with E-state index in [9.17, 15) is 0 Å². The van der Waals surface area contributed by atoms with Crippen molar-refractivity contribution in [2.45, 2.75) is 33.1 Å². The van der Waals surface area contributed by atoms with E-state index in [0.717, 1.165) is 43.6 Å². The fraction of sp³-hybridized carbons (Fsp3) is 0.562. The van der Waals surface area contributed by atoms with Crippen molar-refractivity contribution in [1.29, 1.82) is 5.26 Å². The van der Waals surface area contributed by atoms with Crippen molar-refractivity contribution >= 4 is 0 Å². The maximum absolute atomic E-state index is 8.83. The first kappa shape index (κ1) is 14.7. The van der Waals surface area contributed by atoms with Crippen molar-refractivity contribution in [3.8, 4) is 6.07 Å². The van der Waals surface area contributed by atoms with Crippen molar-refractivity contribution in [3.05, 3.63) is 36.5 Å². The Hall–Kier alpha value is -1.33. The first-order chi connectivity index (χ1) is 8.49. The van der Waals surface area contributed by atoms with Gasteiger partial charge in [-0.1, -0.05) is 37.8 Å². The maximum atomic E-state index is 8.83. The van der Waals surface area contributed by atoms with Crippen molar-refractivity contribution in [2.24, 2.45) is 5.41 Å². The van der Waals surface area contributed by atoms with Crippen molar-refractivity contribution in [1.82, 2.24) is 4.90 Å². The van der Waals surface area contributed by atoms with E-state index >= 15 is 0 Å². The van der Waals surface area contributed by atoms with Gasteiger partial charge in [0.05, 0.1) is 6.07 Å². The normalized spacial score (nSPS) is 20.2. The molecule has 98 valence electrons. The van der Waals surface area contributed by atoms with Crippen molar-refractivity contribution in [3.63, 3.8) is 0 Å². The summed E-state index contributed by atoms with van der Waals surface area (Å²) in [6, 6.07) is 2.31. The lowest BCUT2D eigenvalue weighted by atomic mass is 9.78. The van der Waals surface area contributed by atoms with Gasteiger partial charge in [0.1, 0.15) is 0 Å². The molecule has 2 nitrogen and oxygen atoms in total. The number of hydrogen-bond acceptors (Lipinski definition) is 2. The summed E-state index contributed by atoms with van der Waals surface area (Å²) >= 11 is 0. The molecule has 0 atom stereocenters. The quantitative estimate of drug-likeness (QED) is 0.690. The molecule has 1 rings (SSSR count). The average molecular weight is 244 g/mol. The van der Waals surface area contributed by atoms with Crippen LogP contribution in [0.15, 0.2) is 36.5 Å². The van der Waals surface area contributed by atoms with Gasteiger partial charge in [-0.3, -0.25) is 4.90 Å². The smallest absolute Gasteiger partial charge is 0.0627 e. The van der Waals surface area contributed by atoms with Crippen molar-refractivity contribution in [2.75, 3.05) is 19.6 Å². The molecule has 2 heteroatoms. The highest BCUT2D eigenvalue weighted by molar-refractivity contribution is 5.26. The van der Waals surface area contributed by atoms with Crippen LogP contribution >= 0.6 is 0 Å². The van der Waals surface area contributed by atoms with Gasteiger partial charge in [-0.15, -0.1) is 0 Å². The molecule has 0 N–H and O–H groups in total. The van der Waals surface area contributed by atoms with Crippen LogP contribution in [-0.2, 0) is 0 Å². The Labute approximate surface area is 111 Å². The second-order valence-electron chi connectivity index (χ2n) is 5.67. The van der Waals surface area contributed by atoms with Crippen LogP contribution < -0.4 is 0 Å². The van der Waals surface area contributed by atoms with E-state index < -0.39 is 0 Å². The fourth-order valence-corrected chi connectivity index (χ4v) is 2.33. The molecule has 0 aliphatic carbocycles. The molecular weight excluding hydrogens is 220 g/mol. The molecule has 1 heterocycles.